The van der Waals surface area contributed by atoms with E-state index in [1.807, 2.05) is 0 Å². The molecule has 6 heteroatoms. The van der Waals surface area contributed by atoms with Crippen molar-refractivity contribution in [3.63, 3.8) is 0 Å². The normalized spacial score (nSPS) is 12.0. The molecule has 0 bridgehead atoms. The Kier molecular flexibility index (Phi) is 6.79. The molecule has 0 aromatic heterocycles. The van der Waals surface area contributed by atoms with E-state index < -0.39 is 10.0 Å². The number of hydrogen-bond donors (Lipinski definition) is 2. The van der Waals surface area contributed by atoms with Crippen LogP contribution in [0.15, 0.2) is 24.3 Å². The van der Waals surface area contributed by atoms with Crippen LogP contribution in [0.1, 0.15) is 19.4 Å². The van der Waals surface area contributed by atoms with Gasteiger partial charge in [-0.3, -0.25) is 0 Å². The third-order valence-corrected chi connectivity index (χ3v) is 4.68. The van der Waals surface area contributed by atoms with E-state index in [0.29, 0.717) is 11.6 Å². The van der Waals surface area contributed by atoms with Gasteiger partial charge in [-0.05, 0) is 31.5 Å². The third kappa shape index (κ3) is 6.38. The molecular formula is C13H22ClN2O2S+. The highest BCUT2D eigenvalue weighted by Crippen LogP contribution is 2.11. The van der Waals surface area contributed by atoms with Crippen molar-refractivity contribution in [2.24, 2.45) is 0 Å². The van der Waals surface area contributed by atoms with E-state index in [4.69, 9.17) is 11.6 Å². The molecule has 0 aliphatic rings. The van der Waals surface area contributed by atoms with Crippen LogP contribution in [0.2, 0.25) is 5.02 Å². The number of halogens is 1. The molecule has 1 rings (SSSR count). The lowest BCUT2D eigenvalue weighted by molar-refractivity contribution is -0.895. The molecule has 0 atom stereocenters. The van der Waals surface area contributed by atoms with Gasteiger partial charge < -0.3 is 4.90 Å². The van der Waals surface area contributed by atoms with Crippen LogP contribution in [0, 0.1) is 0 Å². The highest BCUT2D eigenvalue weighted by molar-refractivity contribution is 7.88. The Morgan fingerprint density at radius 1 is 1.16 bits per heavy atom. The van der Waals surface area contributed by atoms with Gasteiger partial charge >= 0.3 is 0 Å². The Morgan fingerprint density at radius 3 is 2.26 bits per heavy atom. The van der Waals surface area contributed by atoms with E-state index in [1.165, 1.54) is 4.90 Å². The Bertz CT molecular complexity index is 470. The highest BCUT2D eigenvalue weighted by Gasteiger charge is 2.12. The molecule has 19 heavy (non-hydrogen) atoms. The first-order valence-corrected chi connectivity index (χ1v) is 8.55. The second-order valence-electron chi connectivity index (χ2n) is 4.49. The average Bonchev–Trinajstić information content (AvgIpc) is 2.37. The van der Waals surface area contributed by atoms with Crippen molar-refractivity contribution < 1.29 is 13.3 Å². The summed E-state index contributed by atoms with van der Waals surface area (Å²) in [5.41, 5.74) is 0.743. The molecule has 0 radical (unpaired) electrons. The zero-order valence-corrected chi connectivity index (χ0v) is 13.0. The van der Waals surface area contributed by atoms with Gasteiger partial charge in [-0.2, -0.15) is 0 Å². The second kappa shape index (κ2) is 7.85. The summed E-state index contributed by atoms with van der Waals surface area (Å²) in [4.78, 5) is 1.38. The minimum Gasteiger partial charge on any atom is -0.334 e. The van der Waals surface area contributed by atoms with Crippen molar-refractivity contribution in [3.05, 3.63) is 34.9 Å². The number of likely N-dealkylation sites (N-methyl/N-ethyl adjacent to an activating group) is 1. The minimum absolute atomic E-state index is 0.00223. The summed E-state index contributed by atoms with van der Waals surface area (Å²) in [7, 11) is -3.27. The van der Waals surface area contributed by atoms with Crippen molar-refractivity contribution >= 4 is 21.6 Å². The summed E-state index contributed by atoms with van der Waals surface area (Å²) < 4.78 is 26.4. The molecule has 1 aromatic rings. The average molecular weight is 306 g/mol. The van der Waals surface area contributed by atoms with Crippen LogP contribution in [-0.2, 0) is 15.8 Å². The fourth-order valence-electron chi connectivity index (χ4n) is 1.84. The Morgan fingerprint density at radius 2 is 1.74 bits per heavy atom. The zero-order chi connectivity index (χ0) is 14.3. The molecule has 0 fully saturated rings. The van der Waals surface area contributed by atoms with Crippen LogP contribution in [0.3, 0.4) is 0 Å². The predicted octanol–water partition coefficient (Wildman–Crippen LogP) is 0.684. The van der Waals surface area contributed by atoms with Gasteiger partial charge in [0.05, 0.1) is 31.9 Å². The molecule has 4 nitrogen and oxygen atoms in total. The van der Waals surface area contributed by atoms with Crippen LogP contribution < -0.4 is 9.62 Å². The molecule has 2 N–H and O–H groups in total. The summed E-state index contributed by atoms with van der Waals surface area (Å²) in [5, 5.41) is 0.610. The molecule has 1 aromatic carbocycles. The molecule has 0 unspecified atom stereocenters. The lowest BCUT2D eigenvalue weighted by Gasteiger charge is -2.15. The summed E-state index contributed by atoms with van der Waals surface area (Å²) in [5.74, 6) is -0.00223. The van der Waals surface area contributed by atoms with Crippen LogP contribution in [0.4, 0.5) is 0 Å². The van der Waals surface area contributed by atoms with Gasteiger partial charge in [-0.1, -0.05) is 23.7 Å². The summed E-state index contributed by atoms with van der Waals surface area (Å²) in [6.07, 6.45) is 0. The van der Waals surface area contributed by atoms with Gasteiger partial charge in [0.25, 0.3) is 0 Å². The van der Waals surface area contributed by atoms with Gasteiger partial charge in [-0.25, -0.2) is 13.1 Å². The van der Waals surface area contributed by atoms with Gasteiger partial charge in [-0.15, -0.1) is 0 Å². The molecule has 0 saturated heterocycles. The first kappa shape index (κ1) is 16.4. The maximum absolute atomic E-state index is 11.9. The molecule has 108 valence electrons. The van der Waals surface area contributed by atoms with Gasteiger partial charge in [0, 0.05) is 5.02 Å². The number of hydrogen-bond acceptors (Lipinski definition) is 2. The van der Waals surface area contributed by atoms with E-state index in [0.717, 1.165) is 25.2 Å². The van der Waals surface area contributed by atoms with Crippen molar-refractivity contribution in [2.45, 2.75) is 19.6 Å². The standard InChI is InChI=1S/C13H21ClN2O2S/c1-3-16(4-2)10-9-15-19(17,18)11-12-5-7-13(14)8-6-12/h5-8,15H,3-4,9-11H2,1-2H3/p+1. The van der Waals surface area contributed by atoms with E-state index in [2.05, 4.69) is 18.6 Å². The van der Waals surface area contributed by atoms with Crippen LogP contribution in [0.5, 0.6) is 0 Å². The van der Waals surface area contributed by atoms with Gasteiger partial charge in [0.15, 0.2) is 0 Å². The number of benzene rings is 1. The fourth-order valence-corrected chi connectivity index (χ4v) is 3.11. The predicted molar refractivity (Wildman–Crippen MR) is 79.0 cm³/mol. The maximum atomic E-state index is 11.9. The van der Waals surface area contributed by atoms with Gasteiger partial charge in [0.2, 0.25) is 10.0 Å². The largest absolute Gasteiger partial charge is 0.334 e. The summed E-state index contributed by atoms with van der Waals surface area (Å²) >= 11 is 5.77. The summed E-state index contributed by atoms with van der Waals surface area (Å²) in [6, 6.07) is 6.87. The quantitative estimate of drug-likeness (QED) is 0.742. The highest BCUT2D eigenvalue weighted by atomic mass is 35.5. The maximum Gasteiger partial charge on any atom is 0.215 e. The smallest absolute Gasteiger partial charge is 0.215 e. The van der Waals surface area contributed by atoms with Crippen LogP contribution in [0.25, 0.3) is 0 Å². The van der Waals surface area contributed by atoms with Crippen LogP contribution >= 0.6 is 11.6 Å². The Balaban J connectivity index is 2.46. The Labute approximate surface area is 120 Å². The lowest BCUT2D eigenvalue weighted by atomic mass is 10.2. The van der Waals surface area contributed by atoms with Crippen molar-refractivity contribution in [1.29, 1.82) is 0 Å². The monoisotopic (exact) mass is 305 g/mol. The van der Waals surface area contributed by atoms with E-state index in [9.17, 15) is 8.42 Å². The summed E-state index contributed by atoms with van der Waals surface area (Å²) in [6.45, 7) is 7.51. The number of quaternary nitrogens is 1. The molecule has 0 aliphatic carbocycles. The Hall–Kier alpha value is -0.620. The van der Waals surface area contributed by atoms with Crippen LogP contribution in [-0.4, -0.2) is 34.6 Å². The third-order valence-electron chi connectivity index (χ3n) is 3.07. The first-order valence-electron chi connectivity index (χ1n) is 6.52. The van der Waals surface area contributed by atoms with Crippen molar-refractivity contribution in [2.75, 3.05) is 26.2 Å². The van der Waals surface area contributed by atoms with E-state index >= 15 is 0 Å². The molecule has 0 saturated carbocycles. The minimum atomic E-state index is -3.27. The zero-order valence-electron chi connectivity index (χ0n) is 11.4. The first-order chi connectivity index (χ1) is 8.96. The van der Waals surface area contributed by atoms with Gasteiger partial charge in [0.1, 0.15) is 0 Å². The fraction of sp³-hybridized carbons (Fsp3) is 0.538. The SMILES string of the molecule is CC[NH+](CC)CCNS(=O)(=O)Cc1ccc(Cl)cc1. The molecule has 0 heterocycles. The van der Waals surface area contributed by atoms with Crippen molar-refractivity contribution in [1.82, 2.24) is 4.72 Å². The number of sulfonamides is 1. The molecule has 0 spiro atoms. The molecule has 0 amide bonds. The van der Waals surface area contributed by atoms with E-state index in [1.54, 1.807) is 24.3 Å². The van der Waals surface area contributed by atoms with Crippen molar-refractivity contribution in [3.8, 4) is 0 Å². The lowest BCUT2D eigenvalue weighted by Crippen LogP contribution is -3.12. The molecule has 0 aliphatic heterocycles. The number of rotatable bonds is 8. The van der Waals surface area contributed by atoms with E-state index in [-0.39, 0.29) is 5.75 Å². The molecular weight excluding hydrogens is 284 g/mol. The number of nitrogens with one attached hydrogen (secondary N) is 2. The topological polar surface area (TPSA) is 50.6 Å². The second-order valence-corrected chi connectivity index (χ2v) is 6.73.